The molecule has 0 spiro atoms. The number of halogens is 5. The maximum absolute atomic E-state index is 13.0. The first kappa shape index (κ1) is 24.4. The first-order valence-electron chi connectivity index (χ1n) is 9.60. The largest absolute Gasteiger partial charge is 0.430 e. The van der Waals surface area contributed by atoms with Crippen LogP contribution in [0.5, 0.6) is 0 Å². The van der Waals surface area contributed by atoms with E-state index in [-0.39, 0.29) is 22.3 Å². The van der Waals surface area contributed by atoms with Gasteiger partial charge in [-0.2, -0.15) is 13.2 Å². The van der Waals surface area contributed by atoms with E-state index in [2.05, 4.69) is 10.3 Å². The fraction of sp³-hybridized carbons (Fsp3) is 0.0833. The summed E-state index contributed by atoms with van der Waals surface area (Å²) < 4.78 is 39.1. The molecule has 3 aromatic rings. The minimum absolute atomic E-state index is 0.0570. The van der Waals surface area contributed by atoms with E-state index in [1.165, 1.54) is 24.3 Å². The van der Waals surface area contributed by atoms with Crippen LogP contribution in [0.25, 0.3) is 0 Å². The van der Waals surface area contributed by atoms with Gasteiger partial charge in [-0.05, 0) is 61.0 Å². The number of hydrogen-bond acceptors (Lipinski definition) is 3. The van der Waals surface area contributed by atoms with Gasteiger partial charge in [0.05, 0.1) is 16.4 Å². The Bertz CT molecular complexity index is 1240. The Morgan fingerprint density at radius 2 is 1.64 bits per heavy atom. The number of hydrogen-bond donors (Lipinski definition) is 2. The maximum Gasteiger partial charge on any atom is 0.430 e. The van der Waals surface area contributed by atoms with E-state index in [0.717, 1.165) is 11.6 Å². The molecule has 0 bridgehead atoms. The summed E-state index contributed by atoms with van der Waals surface area (Å²) in [4.78, 5) is 16.9. The fourth-order valence-electron chi connectivity index (χ4n) is 2.84. The van der Waals surface area contributed by atoms with Gasteiger partial charge in [-0.3, -0.25) is 4.79 Å². The molecule has 0 atom stereocenters. The molecule has 0 aliphatic heterocycles. The third-order valence-corrected chi connectivity index (χ3v) is 5.15. The molecular formula is C24H18Cl2F3N3O. The lowest BCUT2D eigenvalue weighted by atomic mass is 10.1. The van der Waals surface area contributed by atoms with Crippen molar-refractivity contribution in [3.05, 3.63) is 105 Å². The van der Waals surface area contributed by atoms with E-state index in [4.69, 9.17) is 28.9 Å². The van der Waals surface area contributed by atoms with Crippen molar-refractivity contribution in [2.24, 2.45) is 10.7 Å². The standard InChI is InChI=1S/C24H18Cl2F3N3O/c1-14-12-17(25)10-11-19(14)32-23(33)16-8-6-15(7-9-16)21(13-22(30)24(27,28)29)31-20-5-3-2-4-18(20)26/h2-13H,30H2,1H3,(H,32,33)/b22-13-,31-21?. The summed E-state index contributed by atoms with van der Waals surface area (Å²) in [6.45, 7) is 1.80. The number of carbonyl (C=O) groups excluding carboxylic acids is 1. The van der Waals surface area contributed by atoms with Crippen molar-refractivity contribution in [2.45, 2.75) is 13.1 Å². The van der Waals surface area contributed by atoms with Crippen molar-refractivity contribution in [2.75, 3.05) is 5.32 Å². The quantitative estimate of drug-likeness (QED) is 0.374. The summed E-state index contributed by atoms with van der Waals surface area (Å²) in [6.07, 6.45) is -3.99. The monoisotopic (exact) mass is 491 g/mol. The van der Waals surface area contributed by atoms with Crippen molar-refractivity contribution in [3.63, 3.8) is 0 Å². The molecule has 0 heterocycles. The first-order valence-corrected chi connectivity index (χ1v) is 10.4. The van der Waals surface area contributed by atoms with Crippen molar-refractivity contribution >= 4 is 46.2 Å². The molecule has 3 N–H and O–H groups in total. The highest BCUT2D eigenvalue weighted by Crippen LogP contribution is 2.27. The Labute approximate surface area is 198 Å². The topological polar surface area (TPSA) is 67.5 Å². The third kappa shape index (κ3) is 6.37. The zero-order valence-electron chi connectivity index (χ0n) is 17.3. The van der Waals surface area contributed by atoms with Crippen LogP contribution in [0.1, 0.15) is 21.5 Å². The molecule has 0 unspecified atom stereocenters. The van der Waals surface area contributed by atoms with Crippen molar-refractivity contribution in [1.29, 1.82) is 0 Å². The highest BCUT2D eigenvalue weighted by molar-refractivity contribution is 6.33. The van der Waals surface area contributed by atoms with Crippen LogP contribution in [0.2, 0.25) is 10.0 Å². The number of rotatable bonds is 5. The van der Waals surface area contributed by atoms with Crippen LogP contribution < -0.4 is 11.1 Å². The number of para-hydroxylation sites is 1. The van der Waals surface area contributed by atoms with Crippen LogP contribution in [-0.4, -0.2) is 17.8 Å². The lowest BCUT2D eigenvalue weighted by molar-refractivity contribution is -0.0925. The smallest absolute Gasteiger partial charge is 0.395 e. The lowest BCUT2D eigenvalue weighted by Crippen LogP contribution is -2.21. The number of benzene rings is 3. The normalized spacial score (nSPS) is 12.5. The molecule has 0 aliphatic rings. The van der Waals surface area contributed by atoms with Gasteiger partial charge in [0.25, 0.3) is 5.91 Å². The van der Waals surface area contributed by atoms with E-state index < -0.39 is 11.9 Å². The van der Waals surface area contributed by atoms with Crippen molar-refractivity contribution in [3.8, 4) is 0 Å². The molecule has 0 aliphatic carbocycles. The second kappa shape index (κ2) is 10.1. The number of aryl methyl sites for hydroxylation is 1. The second-order valence-electron chi connectivity index (χ2n) is 7.04. The van der Waals surface area contributed by atoms with Crippen LogP contribution in [0.4, 0.5) is 24.5 Å². The molecule has 0 saturated carbocycles. The van der Waals surface area contributed by atoms with Gasteiger partial charge in [-0.1, -0.05) is 47.5 Å². The number of nitrogens with two attached hydrogens (primary N) is 1. The van der Waals surface area contributed by atoms with Gasteiger partial charge in [-0.25, -0.2) is 4.99 Å². The number of aliphatic imine (C=N–C) groups is 1. The summed E-state index contributed by atoms with van der Waals surface area (Å²) in [5, 5.41) is 3.59. The van der Waals surface area contributed by atoms with Gasteiger partial charge in [0, 0.05) is 21.8 Å². The number of allylic oxidation sites excluding steroid dienone is 2. The molecule has 4 nitrogen and oxygen atoms in total. The number of anilines is 1. The number of carbonyl (C=O) groups is 1. The molecule has 3 aromatic carbocycles. The van der Waals surface area contributed by atoms with E-state index >= 15 is 0 Å². The van der Waals surface area contributed by atoms with Crippen LogP contribution in [0, 0.1) is 6.92 Å². The summed E-state index contributed by atoms with van der Waals surface area (Å²) in [5.74, 6) is -0.387. The first-order chi connectivity index (χ1) is 15.5. The highest BCUT2D eigenvalue weighted by atomic mass is 35.5. The van der Waals surface area contributed by atoms with Gasteiger partial charge in [-0.15, -0.1) is 0 Å². The third-order valence-electron chi connectivity index (χ3n) is 4.59. The number of amides is 1. The van der Waals surface area contributed by atoms with E-state index in [9.17, 15) is 18.0 Å². The molecule has 33 heavy (non-hydrogen) atoms. The Kier molecular flexibility index (Phi) is 7.46. The van der Waals surface area contributed by atoms with Crippen LogP contribution >= 0.6 is 23.2 Å². The lowest BCUT2D eigenvalue weighted by Gasteiger charge is -2.11. The predicted molar refractivity (Wildman–Crippen MR) is 127 cm³/mol. The second-order valence-corrected chi connectivity index (χ2v) is 7.88. The van der Waals surface area contributed by atoms with E-state index in [1.807, 2.05) is 0 Å². The van der Waals surface area contributed by atoms with Crippen molar-refractivity contribution < 1.29 is 18.0 Å². The molecule has 0 aromatic heterocycles. The number of alkyl halides is 3. The van der Waals surface area contributed by atoms with Gasteiger partial charge < -0.3 is 11.1 Å². The summed E-state index contributed by atoms with van der Waals surface area (Å²) >= 11 is 12.0. The Balaban J connectivity index is 1.93. The van der Waals surface area contributed by atoms with Crippen LogP contribution in [0.3, 0.4) is 0 Å². The van der Waals surface area contributed by atoms with E-state index in [1.54, 1.807) is 49.4 Å². The number of nitrogens with one attached hydrogen (secondary N) is 1. The minimum Gasteiger partial charge on any atom is -0.395 e. The molecule has 0 fully saturated rings. The average molecular weight is 492 g/mol. The predicted octanol–water partition coefficient (Wildman–Crippen LogP) is 7.08. The Morgan fingerprint density at radius 3 is 2.24 bits per heavy atom. The zero-order valence-corrected chi connectivity index (χ0v) is 18.8. The molecule has 170 valence electrons. The molecule has 9 heteroatoms. The summed E-state index contributed by atoms with van der Waals surface area (Å²) in [7, 11) is 0. The molecular weight excluding hydrogens is 474 g/mol. The summed E-state index contributed by atoms with van der Waals surface area (Å²) in [6, 6.07) is 17.5. The SMILES string of the molecule is Cc1cc(Cl)ccc1NC(=O)c1ccc(C(/C=C(\N)C(F)(F)F)=Nc2ccccc2Cl)cc1. The van der Waals surface area contributed by atoms with Crippen molar-refractivity contribution in [1.82, 2.24) is 0 Å². The molecule has 1 amide bonds. The molecule has 3 rings (SSSR count). The van der Waals surface area contributed by atoms with Gasteiger partial charge in [0.1, 0.15) is 5.70 Å². The van der Waals surface area contributed by atoms with Gasteiger partial charge in [0.2, 0.25) is 0 Å². The minimum atomic E-state index is -4.72. The van der Waals surface area contributed by atoms with Crippen LogP contribution in [-0.2, 0) is 0 Å². The fourth-order valence-corrected chi connectivity index (χ4v) is 3.24. The average Bonchev–Trinajstić information content (AvgIpc) is 2.76. The number of nitrogens with zero attached hydrogens (tertiary/aromatic N) is 1. The molecule has 0 radical (unpaired) electrons. The Morgan fingerprint density at radius 1 is 1.00 bits per heavy atom. The molecule has 0 saturated heterocycles. The Hall–Kier alpha value is -3.29. The zero-order chi connectivity index (χ0) is 24.2. The van der Waals surface area contributed by atoms with Crippen LogP contribution in [0.15, 0.2) is 83.5 Å². The summed E-state index contributed by atoms with van der Waals surface area (Å²) in [5.41, 5.74) is 6.13. The van der Waals surface area contributed by atoms with Gasteiger partial charge in [0.15, 0.2) is 0 Å². The van der Waals surface area contributed by atoms with E-state index in [0.29, 0.717) is 21.8 Å². The maximum atomic E-state index is 13.0. The highest BCUT2D eigenvalue weighted by Gasteiger charge is 2.31. The van der Waals surface area contributed by atoms with Gasteiger partial charge >= 0.3 is 6.18 Å².